The summed E-state index contributed by atoms with van der Waals surface area (Å²) >= 11 is 0. The first-order valence-corrected chi connectivity index (χ1v) is 8.81. The zero-order valence-corrected chi connectivity index (χ0v) is 15.7. The Balaban J connectivity index is 0.00000210. The number of anilines is 1. The average Bonchev–Trinajstić information content (AvgIpc) is 2.87. The van der Waals surface area contributed by atoms with Gasteiger partial charge in [0.25, 0.3) is 11.8 Å². The SMILES string of the molecule is C[C@@H]1CNCCN1c1cccc2c1C(=O)N(C1CCC(=O)NC1=O)C2=O.Cl. The van der Waals surface area contributed by atoms with Crippen LogP contribution in [0.2, 0.25) is 0 Å². The summed E-state index contributed by atoms with van der Waals surface area (Å²) in [6.45, 7) is 4.39. The highest BCUT2D eigenvalue weighted by molar-refractivity contribution is 6.25. The van der Waals surface area contributed by atoms with E-state index >= 15 is 0 Å². The van der Waals surface area contributed by atoms with Gasteiger partial charge in [0.2, 0.25) is 11.8 Å². The maximum absolute atomic E-state index is 13.1. The normalized spacial score (nSPS) is 25.2. The standard InChI is InChI=1S/C18H20N4O4.ClH/c1-10-9-19-7-8-21(10)12-4-2-3-11-15(12)18(26)22(17(11)25)13-5-6-14(23)20-16(13)24;/h2-4,10,13,19H,5-9H2,1H3,(H,20,23,24);1H/t10-,13?;/m1./s1. The van der Waals surface area contributed by atoms with Gasteiger partial charge in [-0.1, -0.05) is 6.07 Å². The first-order valence-electron chi connectivity index (χ1n) is 8.81. The summed E-state index contributed by atoms with van der Waals surface area (Å²) in [7, 11) is 0. The molecule has 0 radical (unpaired) electrons. The third-order valence-electron chi connectivity index (χ3n) is 5.26. The number of amides is 4. The fraction of sp³-hybridized carbons (Fsp3) is 0.444. The van der Waals surface area contributed by atoms with Gasteiger partial charge in [-0.05, 0) is 25.5 Å². The van der Waals surface area contributed by atoms with Crippen LogP contribution in [0.4, 0.5) is 5.69 Å². The summed E-state index contributed by atoms with van der Waals surface area (Å²) in [6.07, 6.45) is 0.279. The third kappa shape index (κ3) is 3.08. The number of rotatable bonds is 2. The lowest BCUT2D eigenvalue weighted by atomic mass is 10.0. The van der Waals surface area contributed by atoms with E-state index in [2.05, 4.69) is 22.5 Å². The molecule has 4 amide bonds. The van der Waals surface area contributed by atoms with Crippen molar-refractivity contribution in [3.63, 3.8) is 0 Å². The third-order valence-corrected chi connectivity index (χ3v) is 5.26. The summed E-state index contributed by atoms with van der Waals surface area (Å²) < 4.78 is 0. The van der Waals surface area contributed by atoms with Crippen molar-refractivity contribution in [2.24, 2.45) is 0 Å². The number of fused-ring (bicyclic) bond motifs is 1. The minimum atomic E-state index is -0.937. The number of carbonyl (C=O) groups excluding carboxylic acids is 4. The Morgan fingerprint density at radius 2 is 1.89 bits per heavy atom. The van der Waals surface area contributed by atoms with Gasteiger partial charge >= 0.3 is 0 Å². The highest BCUT2D eigenvalue weighted by Crippen LogP contribution is 2.35. The van der Waals surface area contributed by atoms with Gasteiger partial charge in [0.1, 0.15) is 6.04 Å². The summed E-state index contributed by atoms with van der Waals surface area (Å²) in [4.78, 5) is 52.7. The quantitative estimate of drug-likeness (QED) is 0.703. The highest BCUT2D eigenvalue weighted by Gasteiger charge is 2.46. The predicted molar refractivity (Wildman–Crippen MR) is 100 cm³/mol. The number of halogens is 1. The molecule has 27 heavy (non-hydrogen) atoms. The van der Waals surface area contributed by atoms with Crippen LogP contribution in [0.5, 0.6) is 0 Å². The molecule has 2 fully saturated rings. The van der Waals surface area contributed by atoms with Crippen molar-refractivity contribution in [1.29, 1.82) is 0 Å². The molecule has 3 aliphatic heterocycles. The van der Waals surface area contributed by atoms with Crippen molar-refractivity contribution >= 4 is 41.7 Å². The number of carbonyl (C=O) groups is 4. The Kier molecular flexibility index (Phi) is 5.21. The van der Waals surface area contributed by atoms with Gasteiger partial charge in [0.05, 0.1) is 16.8 Å². The van der Waals surface area contributed by atoms with Crippen molar-refractivity contribution in [1.82, 2.24) is 15.5 Å². The van der Waals surface area contributed by atoms with E-state index < -0.39 is 23.8 Å². The zero-order valence-electron chi connectivity index (χ0n) is 14.9. The topological polar surface area (TPSA) is 98.8 Å². The molecule has 2 N–H and O–H groups in total. The molecule has 8 nitrogen and oxygen atoms in total. The Morgan fingerprint density at radius 3 is 2.59 bits per heavy atom. The number of benzene rings is 1. The van der Waals surface area contributed by atoms with Gasteiger partial charge in [-0.3, -0.25) is 29.4 Å². The number of piperidine rings is 1. The molecular formula is C18H21ClN4O4. The molecule has 9 heteroatoms. The molecule has 2 atom stereocenters. The Morgan fingerprint density at radius 1 is 1.11 bits per heavy atom. The van der Waals surface area contributed by atoms with Gasteiger partial charge in [-0.25, -0.2) is 0 Å². The van der Waals surface area contributed by atoms with Crippen LogP contribution < -0.4 is 15.5 Å². The highest BCUT2D eigenvalue weighted by atomic mass is 35.5. The van der Waals surface area contributed by atoms with Gasteiger partial charge in [-0.15, -0.1) is 12.4 Å². The molecule has 0 spiro atoms. The molecular weight excluding hydrogens is 372 g/mol. The largest absolute Gasteiger partial charge is 0.366 e. The van der Waals surface area contributed by atoms with Crippen molar-refractivity contribution in [2.75, 3.05) is 24.5 Å². The summed E-state index contributed by atoms with van der Waals surface area (Å²) in [5, 5.41) is 5.52. The van der Waals surface area contributed by atoms with E-state index in [1.807, 2.05) is 6.07 Å². The zero-order chi connectivity index (χ0) is 18.4. The number of piperazine rings is 1. The second-order valence-electron chi connectivity index (χ2n) is 6.89. The number of nitrogens with one attached hydrogen (secondary N) is 2. The van der Waals surface area contributed by atoms with Crippen LogP contribution >= 0.6 is 12.4 Å². The van der Waals surface area contributed by atoms with Crippen LogP contribution in [0.3, 0.4) is 0 Å². The van der Waals surface area contributed by atoms with E-state index in [1.54, 1.807) is 12.1 Å². The van der Waals surface area contributed by atoms with Crippen molar-refractivity contribution in [3.8, 4) is 0 Å². The molecule has 144 valence electrons. The molecule has 4 rings (SSSR count). The summed E-state index contributed by atoms with van der Waals surface area (Å²) in [5.41, 5.74) is 1.41. The molecule has 0 aromatic heterocycles. The van der Waals surface area contributed by atoms with Crippen LogP contribution in [0.25, 0.3) is 0 Å². The lowest BCUT2D eigenvalue weighted by Crippen LogP contribution is -2.54. The molecule has 0 saturated carbocycles. The average molecular weight is 393 g/mol. The number of imide groups is 2. The minimum absolute atomic E-state index is 0. The van der Waals surface area contributed by atoms with E-state index in [0.29, 0.717) is 11.1 Å². The summed E-state index contributed by atoms with van der Waals surface area (Å²) in [6, 6.07) is 4.48. The number of hydrogen-bond acceptors (Lipinski definition) is 6. The first-order chi connectivity index (χ1) is 12.5. The number of nitrogens with zero attached hydrogens (tertiary/aromatic N) is 2. The van der Waals surface area contributed by atoms with E-state index in [1.165, 1.54) is 0 Å². The van der Waals surface area contributed by atoms with Crippen LogP contribution in [-0.2, 0) is 9.59 Å². The monoisotopic (exact) mass is 392 g/mol. The van der Waals surface area contributed by atoms with Gasteiger partial charge in [0.15, 0.2) is 0 Å². The van der Waals surface area contributed by atoms with Crippen molar-refractivity contribution in [3.05, 3.63) is 29.3 Å². The van der Waals surface area contributed by atoms with E-state index in [4.69, 9.17) is 0 Å². The maximum atomic E-state index is 13.1. The second kappa shape index (κ2) is 7.28. The lowest BCUT2D eigenvalue weighted by Gasteiger charge is -2.36. The summed E-state index contributed by atoms with van der Waals surface area (Å²) in [5.74, 6) is -1.89. The Bertz CT molecular complexity index is 828. The molecule has 0 bridgehead atoms. The fourth-order valence-electron chi connectivity index (χ4n) is 3.94. The smallest absolute Gasteiger partial charge is 0.264 e. The molecule has 1 unspecified atom stereocenters. The number of hydrogen-bond donors (Lipinski definition) is 2. The van der Waals surface area contributed by atoms with E-state index in [-0.39, 0.29) is 37.2 Å². The van der Waals surface area contributed by atoms with Crippen LogP contribution in [-0.4, -0.2) is 60.2 Å². The molecule has 3 heterocycles. The van der Waals surface area contributed by atoms with Crippen LogP contribution in [0.1, 0.15) is 40.5 Å². The van der Waals surface area contributed by atoms with Gasteiger partial charge in [0, 0.05) is 32.1 Å². The van der Waals surface area contributed by atoms with Crippen LogP contribution in [0.15, 0.2) is 18.2 Å². The van der Waals surface area contributed by atoms with Crippen LogP contribution in [0, 0.1) is 0 Å². The molecule has 1 aromatic rings. The maximum Gasteiger partial charge on any atom is 0.264 e. The first kappa shape index (κ1) is 19.3. The molecule has 1 aromatic carbocycles. The predicted octanol–water partition coefficient (Wildman–Crippen LogP) is 0.308. The molecule has 2 saturated heterocycles. The molecule has 0 aliphatic carbocycles. The second-order valence-corrected chi connectivity index (χ2v) is 6.89. The molecule has 3 aliphatic rings. The Hall–Kier alpha value is -2.45. The van der Waals surface area contributed by atoms with Crippen molar-refractivity contribution in [2.45, 2.75) is 31.8 Å². The van der Waals surface area contributed by atoms with Crippen molar-refractivity contribution < 1.29 is 19.2 Å². The van der Waals surface area contributed by atoms with Gasteiger partial charge < -0.3 is 10.2 Å². The fourth-order valence-corrected chi connectivity index (χ4v) is 3.94. The van der Waals surface area contributed by atoms with E-state index in [9.17, 15) is 19.2 Å². The van der Waals surface area contributed by atoms with E-state index in [0.717, 1.165) is 30.2 Å². The van der Waals surface area contributed by atoms with Gasteiger partial charge in [-0.2, -0.15) is 0 Å². The Labute approximate surface area is 162 Å². The lowest BCUT2D eigenvalue weighted by molar-refractivity contribution is -0.136. The minimum Gasteiger partial charge on any atom is -0.366 e.